The number of carbonyl (C=O) groups is 2. The van der Waals surface area contributed by atoms with Crippen LogP contribution in [-0.2, 0) is 4.79 Å². The first-order valence-electron chi connectivity index (χ1n) is 8.96. The summed E-state index contributed by atoms with van der Waals surface area (Å²) in [5.74, 6) is 1.05. The average Bonchev–Trinajstić information content (AvgIpc) is 2.60. The van der Waals surface area contributed by atoms with Gasteiger partial charge in [0.2, 0.25) is 5.91 Å². The third-order valence-corrected chi connectivity index (χ3v) is 5.39. The van der Waals surface area contributed by atoms with E-state index in [-0.39, 0.29) is 17.9 Å². The summed E-state index contributed by atoms with van der Waals surface area (Å²) in [6, 6.07) is 7.72. The number of nitrogens with zero attached hydrogens (tertiary/aromatic N) is 1. The molecule has 138 valence electrons. The van der Waals surface area contributed by atoms with Crippen molar-refractivity contribution in [2.75, 3.05) is 32.4 Å². The van der Waals surface area contributed by atoms with E-state index in [1.54, 1.807) is 0 Å². The number of amides is 2. The fourth-order valence-electron chi connectivity index (χ4n) is 3.08. The third kappa shape index (κ3) is 6.04. The highest BCUT2D eigenvalue weighted by Gasteiger charge is 2.24. The summed E-state index contributed by atoms with van der Waals surface area (Å²) < 4.78 is 0. The molecule has 0 bridgehead atoms. The molecule has 5 nitrogen and oxygen atoms in total. The molecular formula is C19H29N3O2S. The number of benzene rings is 1. The zero-order chi connectivity index (χ0) is 18.2. The van der Waals surface area contributed by atoms with Crippen LogP contribution >= 0.6 is 11.8 Å². The van der Waals surface area contributed by atoms with Crippen molar-refractivity contribution in [1.29, 1.82) is 0 Å². The summed E-state index contributed by atoms with van der Waals surface area (Å²) in [6.45, 7) is 6.50. The molecule has 1 aliphatic rings. The number of likely N-dealkylation sites (tertiary alicyclic amines) is 1. The highest BCUT2D eigenvalue weighted by atomic mass is 32.2. The second-order valence-electron chi connectivity index (χ2n) is 6.80. The van der Waals surface area contributed by atoms with Gasteiger partial charge in [0, 0.05) is 24.0 Å². The Bertz CT molecular complexity index is 584. The Morgan fingerprint density at radius 3 is 2.56 bits per heavy atom. The highest BCUT2D eigenvalue weighted by Crippen LogP contribution is 2.26. The normalized spacial score (nSPS) is 15.4. The molecule has 25 heavy (non-hydrogen) atoms. The van der Waals surface area contributed by atoms with Crippen LogP contribution in [0.25, 0.3) is 0 Å². The predicted octanol–water partition coefficient (Wildman–Crippen LogP) is 2.37. The first-order chi connectivity index (χ1) is 12.0. The van der Waals surface area contributed by atoms with Crippen LogP contribution in [0.2, 0.25) is 0 Å². The summed E-state index contributed by atoms with van der Waals surface area (Å²) in [7, 11) is 1.97. The molecule has 1 aromatic rings. The van der Waals surface area contributed by atoms with Crippen molar-refractivity contribution < 1.29 is 9.59 Å². The maximum Gasteiger partial charge on any atom is 0.254 e. The van der Waals surface area contributed by atoms with Gasteiger partial charge >= 0.3 is 0 Å². The van der Waals surface area contributed by atoms with E-state index in [2.05, 4.69) is 10.6 Å². The summed E-state index contributed by atoms with van der Waals surface area (Å²) in [6.07, 6.45) is 2.08. The van der Waals surface area contributed by atoms with Crippen LogP contribution in [0.4, 0.5) is 0 Å². The Morgan fingerprint density at radius 2 is 1.92 bits per heavy atom. The zero-order valence-electron chi connectivity index (χ0n) is 15.4. The molecule has 1 saturated heterocycles. The van der Waals surface area contributed by atoms with Crippen molar-refractivity contribution in [3.63, 3.8) is 0 Å². The second kappa shape index (κ2) is 9.82. The van der Waals surface area contributed by atoms with Gasteiger partial charge in [0.1, 0.15) is 0 Å². The minimum Gasteiger partial charge on any atom is -0.353 e. The van der Waals surface area contributed by atoms with E-state index in [1.807, 2.05) is 50.1 Å². The number of piperidine rings is 1. The number of hydrogen-bond acceptors (Lipinski definition) is 4. The molecular weight excluding hydrogens is 334 g/mol. The number of carbonyl (C=O) groups excluding carboxylic acids is 2. The third-order valence-electron chi connectivity index (χ3n) is 4.32. The molecule has 0 saturated carbocycles. The summed E-state index contributed by atoms with van der Waals surface area (Å²) in [5.41, 5.74) is 0.705. The molecule has 0 unspecified atom stereocenters. The summed E-state index contributed by atoms with van der Waals surface area (Å²) in [4.78, 5) is 27.6. The minimum absolute atomic E-state index is 0.00451. The Labute approximate surface area is 154 Å². The van der Waals surface area contributed by atoms with Crippen molar-refractivity contribution in [1.82, 2.24) is 15.5 Å². The van der Waals surface area contributed by atoms with E-state index in [1.165, 1.54) is 11.8 Å². The zero-order valence-corrected chi connectivity index (χ0v) is 16.2. The number of nitrogens with one attached hydrogen (secondary N) is 2. The van der Waals surface area contributed by atoms with E-state index in [4.69, 9.17) is 0 Å². The van der Waals surface area contributed by atoms with E-state index in [0.717, 1.165) is 37.4 Å². The lowest BCUT2D eigenvalue weighted by molar-refractivity contribution is -0.119. The van der Waals surface area contributed by atoms with Gasteiger partial charge < -0.3 is 15.5 Å². The average molecular weight is 364 g/mol. The van der Waals surface area contributed by atoms with Crippen molar-refractivity contribution in [2.24, 2.45) is 5.92 Å². The topological polar surface area (TPSA) is 61.4 Å². The van der Waals surface area contributed by atoms with E-state index < -0.39 is 0 Å². The summed E-state index contributed by atoms with van der Waals surface area (Å²) in [5, 5.41) is 6.10. The van der Waals surface area contributed by atoms with Gasteiger partial charge in [-0.15, -0.1) is 11.8 Å². The fraction of sp³-hybridized carbons (Fsp3) is 0.579. The van der Waals surface area contributed by atoms with E-state index in [0.29, 0.717) is 17.2 Å². The van der Waals surface area contributed by atoms with Crippen LogP contribution in [0, 0.1) is 5.92 Å². The molecule has 0 aliphatic carbocycles. The minimum atomic E-state index is -0.00451. The lowest BCUT2D eigenvalue weighted by Gasteiger charge is -2.32. The predicted molar refractivity (Wildman–Crippen MR) is 103 cm³/mol. The molecule has 1 fully saturated rings. The van der Waals surface area contributed by atoms with Gasteiger partial charge in [0.25, 0.3) is 5.91 Å². The quantitative estimate of drug-likeness (QED) is 0.730. The Hall–Kier alpha value is -1.53. The maximum atomic E-state index is 12.9. The molecule has 1 heterocycles. The van der Waals surface area contributed by atoms with Crippen molar-refractivity contribution in [2.45, 2.75) is 37.6 Å². The van der Waals surface area contributed by atoms with E-state index >= 15 is 0 Å². The van der Waals surface area contributed by atoms with E-state index in [9.17, 15) is 9.59 Å². The number of rotatable bonds is 7. The molecule has 0 spiro atoms. The summed E-state index contributed by atoms with van der Waals surface area (Å²) >= 11 is 1.43. The molecule has 2 amide bonds. The van der Waals surface area contributed by atoms with Crippen LogP contribution in [0.15, 0.2) is 29.2 Å². The number of thioether (sulfide) groups is 1. The largest absolute Gasteiger partial charge is 0.353 e. The lowest BCUT2D eigenvalue weighted by Crippen LogP contribution is -2.40. The van der Waals surface area contributed by atoms with Crippen molar-refractivity contribution in [3.05, 3.63) is 29.8 Å². The van der Waals surface area contributed by atoms with Gasteiger partial charge in [-0.25, -0.2) is 0 Å². The van der Waals surface area contributed by atoms with Crippen LogP contribution in [0.1, 0.15) is 37.0 Å². The molecule has 6 heteroatoms. The van der Waals surface area contributed by atoms with Gasteiger partial charge in [-0.2, -0.15) is 0 Å². The fourth-order valence-corrected chi connectivity index (χ4v) is 3.93. The molecule has 0 aromatic heterocycles. The van der Waals surface area contributed by atoms with Crippen molar-refractivity contribution in [3.8, 4) is 0 Å². The Morgan fingerprint density at radius 1 is 1.24 bits per heavy atom. The molecule has 0 radical (unpaired) electrons. The van der Waals surface area contributed by atoms with Gasteiger partial charge in [-0.1, -0.05) is 12.1 Å². The van der Waals surface area contributed by atoms with Crippen LogP contribution in [-0.4, -0.2) is 55.2 Å². The Balaban J connectivity index is 1.97. The maximum absolute atomic E-state index is 12.9. The highest BCUT2D eigenvalue weighted by molar-refractivity contribution is 8.00. The Kier molecular flexibility index (Phi) is 7.78. The van der Waals surface area contributed by atoms with Crippen LogP contribution < -0.4 is 10.6 Å². The lowest BCUT2D eigenvalue weighted by atomic mass is 9.96. The molecule has 2 rings (SSSR count). The van der Waals surface area contributed by atoms with Gasteiger partial charge in [-0.05, 0) is 58.3 Å². The number of hydrogen-bond donors (Lipinski definition) is 2. The van der Waals surface area contributed by atoms with Crippen molar-refractivity contribution >= 4 is 23.6 Å². The molecule has 1 aromatic carbocycles. The second-order valence-corrected chi connectivity index (χ2v) is 7.82. The first-order valence-corrected chi connectivity index (χ1v) is 9.95. The first kappa shape index (κ1) is 19.8. The van der Waals surface area contributed by atoms with Gasteiger partial charge in [-0.3, -0.25) is 9.59 Å². The van der Waals surface area contributed by atoms with Gasteiger partial charge in [0.05, 0.1) is 11.3 Å². The monoisotopic (exact) mass is 363 g/mol. The SMILES string of the molecule is CNCC1CCN(C(=O)c2ccccc2SCC(=O)NC(C)C)CC1. The van der Waals surface area contributed by atoms with Crippen LogP contribution in [0.3, 0.4) is 0 Å². The van der Waals surface area contributed by atoms with Gasteiger partial charge in [0.15, 0.2) is 0 Å². The standard InChI is InChI=1S/C19H29N3O2S/c1-14(2)21-18(23)13-25-17-7-5-4-6-16(17)19(24)22-10-8-15(9-11-22)12-20-3/h4-7,14-15,20H,8-13H2,1-3H3,(H,21,23). The molecule has 0 atom stereocenters. The molecule has 2 N–H and O–H groups in total. The van der Waals surface area contributed by atoms with Crippen LogP contribution in [0.5, 0.6) is 0 Å². The molecule has 1 aliphatic heterocycles. The smallest absolute Gasteiger partial charge is 0.254 e.